The molecule has 0 radical (unpaired) electrons. The zero-order chi connectivity index (χ0) is 14.0. The summed E-state index contributed by atoms with van der Waals surface area (Å²) < 4.78 is 2.16. The van der Waals surface area contributed by atoms with Gasteiger partial charge in [-0.15, -0.1) is 11.3 Å². The summed E-state index contributed by atoms with van der Waals surface area (Å²) in [5.74, 6) is 0. The lowest BCUT2D eigenvalue weighted by Crippen LogP contribution is -2.07. The molecule has 0 fully saturated rings. The minimum atomic E-state index is 0.237. The molecule has 19 heavy (non-hydrogen) atoms. The molecule has 2 rings (SSSR count). The summed E-state index contributed by atoms with van der Waals surface area (Å²) in [7, 11) is 0. The molecule has 1 heterocycles. The smallest absolute Gasteiger partial charge is 0.0494 e. The number of hydrogen-bond acceptors (Lipinski definition) is 2. The first-order valence-electron chi connectivity index (χ1n) is 6.14. The lowest BCUT2D eigenvalue weighted by Gasteiger charge is -2.15. The first-order chi connectivity index (χ1) is 8.86. The van der Waals surface area contributed by atoms with Gasteiger partial charge >= 0.3 is 0 Å². The zero-order valence-electron chi connectivity index (χ0n) is 11.3. The Bertz CT molecular complexity index is 570. The van der Waals surface area contributed by atoms with Gasteiger partial charge in [-0.05, 0) is 51.7 Å². The van der Waals surface area contributed by atoms with E-state index in [9.17, 15) is 0 Å². The van der Waals surface area contributed by atoms with Crippen molar-refractivity contribution in [2.45, 2.75) is 32.7 Å². The second kappa shape index (κ2) is 5.98. The Labute approximate surface area is 135 Å². The van der Waals surface area contributed by atoms with E-state index in [1.54, 1.807) is 0 Å². The molecule has 0 aliphatic carbocycles. The van der Waals surface area contributed by atoms with E-state index in [4.69, 9.17) is 0 Å². The van der Waals surface area contributed by atoms with Gasteiger partial charge in [-0.2, -0.15) is 0 Å². The summed E-state index contributed by atoms with van der Waals surface area (Å²) in [4.78, 5) is 2.79. The van der Waals surface area contributed by atoms with Gasteiger partial charge in [-0.3, -0.25) is 0 Å². The molecule has 1 N–H and O–H groups in total. The number of benzene rings is 1. The van der Waals surface area contributed by atoms with Crippen LogP contribution in [0.5, 0.6) is 0 Å². The highest BCUT2D eigenvalue weighted by atomic mass is 79.9. The number of nitrogens with one attached hydrogen (secondary N) is 1. The van der Waals surface area contributed by atoms with Crippen molar-refractivity contribution in [3.8, 4) is 0 Å². The van der Waals surface area contributed by atoms with Crippen molar-refractivity contribution in [1.82, 2.24) is 0 Å². The van der Waals surface area contributed by atoms with Crippen LogP contribution in [-0.2, 0) is 12.0 Å². The number of thiophene rings is 1. The molecule has 1 aromatic carbocycles. The Morgan fingerprint density at radius 2 is 1.84 bits per heavy atom. The van der Waals surface area contributed by atoms with E-state index < -0.39 is 0 Å². The SMILES string of the molecule is CC(C)(C)c1ccc(CNc2ccc(Br)cc2Br)s1. The lowest BCUT2D eigenvalue weighted by molar-refractivity contribution is 0.604. The van der Waals surface area contributed by atoms with Crippen LogP contribution in [0.25, 0.3) is 0 Å². The van der Waals surface area contributed by atoms with Crippen LogP contribution in [0, 0.1) is 0 Å². The van der Waals surface area contributed by atoms with Crippen molar-refractivity contribution in [3.63, 3.8) is 0 Å². The van der Waals surface area contributed by atoms with Gasteiger partial charge in [0.25, 0.3) is 0 Å². The molecule has 0 saturated carbocycles. The Balaban J connectivity index is 2.04. The molecule has 4 heteroatoms. The largest absolute Gasteiger partial charge is 0.379 e. The van der Waals surface area contributed by atoms with Gasteiger partial charge in [0.2, 0.25) is 0 Å². The first-order valence-corrected chi connectivity index (χ1v) is 8.54. The maximum absolute atomic E-state index is 3.57. The molecule has 2 aromatic rings. The first kappa shape index (κ1) is 15.1. The van der Waals surface area contributed by atoms with E-state index >= 15 is 0 Å². The predicted molar refractivity (Wildman–Crippen MR) is 92.2 cm³/mol. The molecule has 1 aromatic heterocycles. The molecule has 0 aliphatic rings. The second-order valence-electron chi connectivity index (χ2n) is 5.49. The van der Waals surface area contributed by atoms with Crippen LogP contribution in [-0.4, -0.2) is 0 Å². The van der Waals surface area contributed by atoms with Gasteiger partial charge in [0.15, 0.2) is 0 Å². The Morgan fingerprint density at radius 1 is 1.11 bits per heavy atom. The fourth-order valence-electron chi connectivity index (χ4n) is 1.69. The molecule has 0 spiro atoms. The van der Waals surface area contributed by atoms with Crippen molar-refractivity contribution in [1.29, 1.82) is 0 Å². The monoisotopic (exact) mass is 401 g/mol. The van der Waals surface area contributed by atoms with Crippen LogP contribution in [0.1, 0.15) is 30.5 Å². The third-order valence-corrected chi connectivity index (χ3v) is 5.45. The number of halogens is 2. The normalized spacial score (nSPS) is 11.6. The van der Waals surface area contributed by atoms with Crippen LogP contribution < -0.4 is 5.32 Å². The van der Waals surface area contributed by atoms with Crippen LogP contribution in [0.15, 0.2) is 39.3 Å². The van der Waals surface area contributed by atoms with Crippen molar-refractivity contribution in [2.24, 2.45) is 0 Å². The number of hydrogen-bond donors (Lipinski definition) is 1. The van der Waals surface area contributed by atoms with Gasteiger partial charge in [-0.25, -0.2) is 0 Å². The lowest BCUT2D eigenvalue weighted by atomic mass is 9.95. The molecule has 1 nitrogen and oxygen atoms in total. The summed E-state index contributed by atoms with van der Waals surface area (Å²) in [5.41, 5.74) is 1.36. The van der Waals surface area contributed by atoms with Gasteiger partial charge in [-0.1, -0.05) is 36.7 Å². The van der Waals surface area contributed by atoms with E-state index in [0.717, 1.165) is 21.2 Å². The Morgan fingerprint density at radius 3 is 2.42 bits per heavy atom. The van der Waals surface area contributed by atoms with Gasteiger partial charge in [0.1, 0.15) is 0 Å². The molecule has 0 atom stereocenters. The highest BCUT2D eigenvalue weighted by Crippen LogP contribution is 2.31. The maximum Gasteiger partial charge on any atom is 0.0494 e. The van der Waals surface area contributed by atoms with E-state index in [1.165, 1.54) is 9.75 Å². The van der Waals surface area contributed by atoms with Gasteiger partial charge in [0.05, 0.1) is 0 Å². The molecule has 0 amide bonds. The van der Waals surface area contributed by atoms with Crippen LogP contribution in [0.3, 0.4) is 0 Å². The van der Waals surface area contributed by atoms with Crippen molar-refractivity contribution in [2.75, 3.05) is 5.32 Å². The fraction of sp³-hybridized carbons (Fsp3) is 0.333. The van der Waals surface area contributed by atoms with Gasteiger partial charge < -0.3 is 5.32 Å². The summed E-state index contributed by atoms with van der Waals surface area (Å²) in [6, 6.07) is 10.6. The van der Waals surface area contributed by atoms with Crippen LogP contribution in [0.2, 0.25) is 0 Å². The third kappa shape index (κ3) is 4.07. The Hall–Kier alpha value is -0.320. The molecule has 0 saturated heterocycles. The van der Waals surface area contributed by atoms with Crippen molar-refractivity contribution >= 4 is 48.9 Å². The summed E-state index contributed by atoms with van der Waals surface area (Å²) in [6.07, 6.45) is 0. The summed E-state index contributed by atoms with van der Waals surface area (Å²) >= 11 is 8.91. The Kier molecular flexibility index (Phi) is 4.75. The van der Waals surface area contributed by atoms with Gasteiger partial charge in [0, 0.05) is 30.9 Å². The van der Waals surface area contributed by atoms with E-state index in [-0.39, 0.29) is 5.41 Å². The molecular weight excluding hydrogens is 386 g/mol. The maximum atomic E-state index is 3.57. The predicted octanol–water partition coefficient (Wildman–Crippen LogP) is 6.18. The number of rotatable bonds is 3. The van der Waals surface area contributed by atoms with Crippen molar-refractivity contribution < 1.29 is 0 Å². The van der Waals surface area contributed by atoms with Crippen LogP contribution in [0.4, 0.5) is 5.69 Å². The molecule has 0 unspecified atom stereocenters. The molecule has 0 bridgehead atoms. The molecular formula is C15H17Br2NS. The minimum absolute atomic E-state index is 0.237. The quantitative estimate of drug-likeness (QED) is 0.645. The molecule has 0 aliphatic heterocycles. The minimum Gasteiger partial charge on any atom is -0.379 e. The summed E-state index contributed by atoms with van der Waals surface area (Å²) in [6.45, 7) is 7.62. The zero-order valence-corrected chi connectivity index (χ0v) is 15.2. The average molecular weight is 403 g/mol. The van der Waals surface area contributed by atoms with E-state index in [0.29, 0.717) is 0 Å². The van der Waals surface area contributed by atoms with Crippen LogP contribution >= 0.6 is 43.2 Å². The third-order valence-electron chi connectivity index (χ3n) is 2.79. The highest BCUT2D eigenvalue weighted by Gasteiger charge is 2.15. The summed E-state index contributed by atoms with van der Waals surface area (Å²) in [5, 5.41) is 3.46. The highest BCUT2D eigenvalue weighted by molar-refractivity contribution is 9.11. The van der Waals surface area contributed by atoms with Crippen molar-refractivity contribution in [3.05, 3.63) is 49.0 Å². The average Bonchev–Trinajstić information content (AvgIpc) is 2.76. The second-order valence-corrected chi connectivity index (χ2v) is 8.43. The standard InChI is InChI=1S/C15H17Br2NS/c1-15(2,3)14-7-5-11(19-14)9-18-13-6-4-10(16)8-12(13)17/h4-8,18H,9H2,1-3H3. The fourth-order valence-corrected chi connectivity index (χ4v) is 3.88. The topological polar surface area (TPSA) is 12.0 Å². The van der Waals surface area contributed by atoms with E-state index in [1.807, 2.05) is 17.4 Å². The van der Waals surface area contributed by atoms with E-state index in [2.05, 4.69) is 82.2 Å². The molecule has 102 valence electrons. The number of anilines is 1.